The van der Waals surface area contributed by atoms with E-state index >= 15 is 0 Å². The lowest BCUT2D eigenvalue weighted by molar-refractivity contribution is -0.110. The quantitative estimate of drug-likeness (QED) is 0.267. The van der Waals surface area contributed by atoms with Gasteiger partial charge in [-0.05, 0) is 77.7 Å². The third-order valence-corrected chi connectivity index (χ3v) is 5.26. The first kappa shape index (κ1) is 24.5. The summed E-state index contributed by atoms with van der Waals surface area (Å²) in [7, 11) is 4.78. The summed E-state index contributed by atoms with van der Waals surface area (Å²) in [6, 6.07) is 15.8. The number of carbonyl (C=O) groups is 1. The molecule has 3 aromatic carbocycles. The van der Waals surface area contributed by atoms with Crippen molar-refractivity contribution in [3.8, 4) is 17.2 Å². The molecule has 0 aliphatic carbocycles. The summed E-state index contributed by atoms with van der Waals surface area (Å²) in [6.45, 7) is 1.86. The van der Waals surface area contributed by atoms with Crippen LogP contribution in [0.3, 0.4) is 0 Å². The first-order valence-electron chi connectivity index (χ1n) is 10.7. The van der Waals surface area contributed by atoms with Crippen LogP contribution in [-0.4, -0.2) is 27.1 Å². The largest absolute Gasteiger partial charge is 0.497 e. The summed E-state index contributed by atoms with van der Waals surface area (Å²) in [6.07, 6.45) is 10.1. The molecule has 0 radical (unpaired) electrons. The Hall–Kier alpha value is -4.12. The molecule has 0 aliphatic rings. The number of halogens is 1. The number of aryl methyl sites for hydroxylation is 1. The van der Waals surface area contributed by atoms with E-state index in [9.17, 15) is 9.18 Å². The van der Waals surface area contributed by atoms with Crippen molar-refractivity contribution in [2.24, 2.45) is 0 Å². The van der Waals surface area contributed by atoms with E-state index in [1.54, 1.807) is 45.6 Å². The van der Waals surface area contributed by atoms with Gasteiger partial charge in [0.2, 0.25) is 0 Å². The second kappa shape index (κ2) is 11.7. The maximum atomic E-state index is 13.5. The number of benzene rings is 3. The van der Waals surface area contributed by atoms with Crippen LogP contribution in [-0.2, 0) is 4.79 Å². The normalized spacial score (nSPS) is 11.4. The van der Waals surface area contributed by atoms with E-state index in [0.717, 1.165) is 28.0 Å². The lowest BCUT2D eigenvalue weighted by Crippen LogP contribution is -1.94. The van der Waals surface area contributed by atoms with Crippen molar-refractivity contribution >= 4 is 30.1 Å². The summed E-state index contributed by atoms with van der Waals surface area (Å²) in [5.41, 5.74) is 4.09. The van der Waals surface area contributed by atoms with Crippen molar-refractivity contribution in [3.05, 3.63) is 100 Å². The average molecular weight is 459 g/mol. The van der Waals surface area contributed by atoms with Crippen molar-refractivity contribution in [2.75, 3.05) is 21.3 Å². The van der Waals surface area contributed by atoms with Gasteiger partial charge in [-0.3, -0.25) is 4.79 Å². The highest BCUT2D eigenvalue weighted by Crippen LogP contribution is 2.31. The van der Waals surface area contributed by atoms with Crippen LogP contribution < -0.4 is 14.2 Å². The van der Waals surface area contributed by atoms with Gasteiger partial charge < -0.3 is 14.2 Å². The van der Waals surface area contributed by atoms with E-state index in [4.69, 9.17) is 14.2 Å². The van der Waals surface area contributed by atoms with E-state index in [2.05, 4.69) is 0 Å². The molecule has 0 amide bonds. The predicted octanol–water partition coefficient (Wildman–Crippen LogP) is 6.63. The van der Waals surface area contributed by atoms with Crippen LogP contribution >= 0.6 is 0 Å². The molecule has 0 saturated carbocycles. The van der Waals surface area contributed by atoms with Gasteiger partial charge in [0, 0.05) is 11.6 Å². The molecule has 3 rings (SSSR count). The number of methoxy groups -OCH3 is 3. The minimum Gasteiger partial charge on any atom is -0.497 e. The van der Waals surface area contributed by atoms with Crippen LogP contribution in [0.5, 0.6) is 17.2 Å². The van der Waals surface area contributed by atoms with E-state index in [1.807, 2.05) is 49.4 Å². The SMILES string of the molecule is COc1ccc(/C=C/c2cc(OC)cc(OC)c2/C=C/C(=O)/C=C/c2cc(F)ccc2C)cc1. The van der Waals surface area contributed by atoms with Gasteiger partial charge in [-0.15, -0.1) is 0 Å². The third-order valence-electron chi connectivity index (χ3n) is 5.26. The maximum absolute atomic E-state index is 13.5. The van der Waals surface area contributed by atoms with E-state index in [0.29, 0.717) is 17.1 Å². The summed E-state index contributed by atoms with van der Waals surface area (Å²) >= 11 is 0. The fraction of sp³-hybridized carbons (Fsp3) is 0.138. The molecule has 5 heteroatoms. The minimum atomic E-state index is -0.343. The second-order valence-corrected chi connectivity index (χ2v) is 7.51. The number of rotatable bonds is 9. The van der Waals surface area contributed by atoms with Gasteiger partial charge in [0.05, 0.1) is 21.3 Å². The Bertz CT molecular complexity index is 1240. The number of hydrogen-bond donors (Lipinski definition) is 0. The highest BCUT2D eigenvalue weighted by Gasteiger charge is 2.09. The highest BCUT2D eigenvalue weighted by atomic mass is 19.1. The molecule has 34 heavy (non-hydrogen) atoms. The standard InChI is InChI=1S/C29H27FO4/c1-20-5-11-24(30)17-22(20)10-12-25(31)13-16-28-23(18-27(33-3)19-29(28)34-4)9-6-21-7-14-26(32-2)15-8-21/h5-19H,1-4H3/b9-6+,12-10+,16-13+. The molecular weight excluding hydrogens is 431 g/mol. The Morgan fingerprint density at radius 1 is 0.735 bits per heavy atom. The Labute approximate surface area is 199 Å². The topological polar surface area (TPSA) is 44.8 Å². The molecule has 0 heterocycles. The smallest absolute Gasteiger partial charge is 0.178 e. The Morgan fingerprint density at radius 2 is 1.44 bits per heavy atom. The van der Waals surface area contributed by atoms with Gasteiger partial charge >= 0.3 is 0 Å². The molecule has 0 aliphatic heterocycles. The van der Waals surface area contributed by atoms with E-state index in [1.165, 1.54) is 24.3 Å². The predicted molar refractivity (Wildman–Crippen MR) is 136 cm³/mol. The van der Waals surface area contributed by atoms with Crippen LogP contribution in [0.15, 0.2) is 66.7 Å². The van der Waals surface area contributed by atoms with E-state index < -0.39 is 0 Å². The van der Waals surface area contributed by atoms with Crippen LogP contribution in [0.4, 0.5) is 4.39 Å². The maximum Gasteiger partial charge on any atom is 0.178 e. The first-order valence-corrected chi connectivity index (χ1v) is 10.7. The van der Waals surface area contributed by atoms with Crippen molar-refractivity contribution < 1.29 is 23.4 Å². The molecule has 0 saturated heterocycles. The molecule has 0 atom stereocenters. The van der Waals surface area contributed by atoms with Gasteiger partial charge in [0.15, 0.2) is 5.78 Å². The third kappa shape index (κ3) is 6.45. The Balaban J connectivity index is 1.90. The first-order chi connectivity index (χ1) is 16.4. The monoisotopic (exact) mass is 458 g/mol. The Kier molecular flexibility index (Phi) is 8.41. The van der Waals surface area contributed by atoms with Crippen LogP contribution in [0.1, 0.15) is 27.8 Å². The van der Waals surface area contributed by atoms with Gasteiger partial charge in [-0.25, -0.2) is 4.39 Å². The molecule has 0 unspecified atom stereocenters. The summed E-state index contributed by atoms with van der Waals surface area (Å²) in [5, 5.41) is 0. The number of ether oxygens (including phenoxy) is 3. The molecule has 0 spiro atoms. The van der Waals surface area contributed by atoms with Crippen LogP contribution in [0.2, 0.25) is 0 Å². The molecule has 0 N–H and O–H groups in total. The minimum absolute atomic E-state index is 0.230. The second-order valence-electron chi connectivity index (χ2n) is 7.51. The Morgan fingerprint density at radius 3 is 2.12 bits per heavy atom. The van der Waals surface area contributed by atoms with Gasteiger partial charge in [-0.2, -0.15) is 0 Å². The van der Waals surface area contributed by atoms with Crippen molar-refractivity contribution in [3.63, 3.8) is 0 Å². The number of hydrogen-bond acceptors (Lipinski definition) is 4. The van der Waals surface area contributed by atoms with E-state index in [-0.39, 0.29) is 11.6 Å². The van der Waals surface area contributed by atoms with Crippen molar-refractivity contribution in [2.45, 2.75) is 6.92 Å². The number of ketones is 1. The van der Waals surface area contributed by atoms with Crippen molar-refractivity contribution in [1.29, 1.82) is 0 Å². The summed E-state index contributed by atoms with van der Waals surface area (Å²) < 4.78 is 29.7. The molecule has 3 aromatic rings. The van der Waals surface area contributed by atoms with Gasteiger partial charge in [0.1, 0.15) is 23.1 Å². The zero-order valence-electron chi connectivity index (χ0n) is 19.7. The fourth-order valence-corrected chi connectivity index (χ4v) is 3.31. The fourth-order valence-electron chi connectivity index (χ4n) is 3.31. The zero-order valence-corrected chi connectivity index (χ0v) is 19.7. The zero-order chi connectivity index (χ0) is 24.5. The number of carbonyl (C=O) groups excluding carboxylic acids is 1. The van der Waals surface area contributed by atoms with Crippen LogP contribution in [0.25, 0.3) is 24.3 Å². The summed E-state index contributed by atoms with van der Waals surface area (Å²) in [5.74, 6) is 1.42. The molecule has 0 fully saturated rings. The lowest BCUT2D eigenvalue weighted by atomic mass is 10.0. The average Bonchev–Trinajstić information content (AvgIpc) is 2.86. The molecular formula is C29H27FO4. The van der Waals surface area contributed by atoms with Crippen LogP contribution in [0, 0.1) is 12.7 Å². The molecule has 0 aromatic heterocycles. The number of allylic oxidation sites excluding steroid dienone is 2. The van der Waals surface area contributed by atoms with Gasteiger partial charge in [-0.1, -0.05) is 36.4 Å². The molecule has 4 nitrogen and oxygen atoms in total. The molecule has 174 valence electrons. The lowest BCUT2D eigenvalue weighted by Gasteiger charge is -2.11. The van der Waals surface area contributed by atoms with Crippen molar-refractivity contribution in [1.82, 2.24) is 0 Å². The highest BCUT2D eigenvalue weighted by molar-refractivity contribution is 6.05. The van der Waals surface area contributed by atoms with Gasteiger partial charge in [0.25, 0.3) is 0 Å². The molecule has 0 bridgehead atoms. The summed E-state index contributed by atoms with van der Waals surface area (Å²) in [4.78, 5) is 12.5.